The zero-order chi connectivity index (χ0) is 15.8. The van der Waals surface area contributed by atoms with Crippen LogP contribution in [0.4, 0.5) is 5.82 Å². The molecule has 0 fully saturated rings. The van der Waals surface area contributed by atoms with Crippen LogP contribution in [0.5, 0.6) is 0 Å². The Morgan fingerprint density at radius 3 is 2.77 bits per heavy atom. The smallest absolute Gasteiger partial charge is 0.132 e. The van der Waals surface area contributed by atoms with Gasteiger partial charge in [0.2, 0.25) is 0 Å². The van der Waals surface area contributed by atoms with E-state index in [1.54, 1.807) is 12.4 Å². The van der Waals surface area contributed by atoms with Crippen molar-refractivity contribution in [2.75, 3.05) is 5.73 Å². The van der Waals surface area contributed by atoms with E-state index in [9.17, 15) is 4.79 Å². The number of nitrogen functional groups attached to an aromatic ring is 1. The van der Waals surface area contributed by atoms with Gasteiger partial charge in [-0.25, -0.2) is 9.97 Å². The van der Waals surface area contributed by atoms with Crippen LogP contribution in [-0.4, -0.2) is 27.5 Å². The van der Waals surface area contributed by atoms with Crippen LogP contribution >= 0.6 is 0 Å². The van der Waals surface area contributed by atoms with E-state index in [2.05, 4.69) is 15.0 Å². The molecule has 0 saturated carbocycles. The normalized spacial score (nSPS) is 10.5. The zero-order valence-electron chi connectivity index (χ0n) is 12.5. The van der Waals surface area contributed by atoms with Crippen molar-refractivity contribution in [3.05, 3.63) is 29.8 Å². The molecular formula is C16H21N5O. The molecule has 0 bridgehead atoms. The molecular weight excluding hydrogens is 278 g/mol. The molecule has 2 heterocycles. The van der Waals surface area contributed by atoms with Gasteiger partial charge in [0, 0.05) is 36.4 Å². The topological polar surface area (TPSA) is 109 Å². The average molecular weight is 299 g/mol. The summed E-state index contributed by atoms with van der Waals surface area (Å²) in [6.45, 7) is 0. The molecule has 0 spiro atoms. The lowest BCUT2D eigenvalue weighted by molar-refractivity contribution is -0.107. The number of hydrogen-bond donors (Lipinski definition) is 3. The number of aromatic nitrogens is 3. The van der Waals surface area contributed by atoms with Gasteiger partial charge >= 0.3 is 0 Å². The van der Waals surface area contributed by atoms with E-state index in [4.69, 9.17) is 11.1 Å². The summed E-state index contributed by atoms with van der Waals surface area (Å²) in [6.07, 6.45) is 11.4. The highest BCUT2D eigenvalue weighted by Crippen LogP contribution is 2.20. The fourth-order valence-corrected chi connectivity index (χ4v) is 2.27. The lowest BCUT2D eigenvalue weighted by Gasteiger charge is -2.02. The minimum atomic E-state index is 0.355. The maximum atomic E-state index is 10.2. The fourth-order valence-electron chi connectivity index (χ4n) is 2.27. The third-order valence-electron chi connectivity index (χ3n) is 3.53. The molecule has 0 unspecified atom stereocenters. The number of aryl methyl sites for hydroxylation is 1. The molecule has 22 heavy (non-hydrogen) atoms. The van der Waals surface area contributed by atoms with E-state index in [1.165, 1.54) is 6.21 Å². The van der Waals surface area contributed by atoms with Crippen molar-refractivity contribution in [2.24, 2.45) is 0 Å². The second-order valence-electron chi connectivity index (χ2n) is 5.21. The third kappa shape index (κ3) is 4.25. The van der Waals surface area contributed by atoms with E-state index in [0.717, 1.165) is 55.5 Å². The second kappa shape index (κ2) is 8.07. The summed E-state index contributed by atoms with van der Waals surface area (Å²) in [7, 11) is 0. The number of aldehydes is 1. The molecule has 2 rings (SSSR count). The zero-order valence-corrected chi connectivity index (χ0v) is 12.5. The molecule has 0 aliphatic carbocycles. The van der Waals surface area contributed by atoms with Gasteiger partial charge in [0.05, 0.1) is 11.9 Å². The van der Waals surface area contributed by atoms with E-state index in [0.29, 0.717) is 17.8 Å². The Morgan fingerprint density at radius 1 is 1.18 bits per heavy atom. The highest BCUT2D eigenvalue weighted by Gasteiger charge is 2.06. The molecule has 0 radical (unpaired) electrons. The van der Waals surface area contributed by atoms with Crippen molar-refractivity contribution in [2.45, 2.75) is 38.5 Å². The average Bonchev–Trinajstić information content (AvgIpc) is 3.00. The Labute approximate surface area is 129 Å². The van der Waals surface area contributed by atoms with Gasteiger partial charge in [-0.1, -0.05) is 12.8 Å². The highest BCUT2D eigenvalue weighted by atomic mass is 16.1. The quantitative estimate of drug-likeness (QED) is 0.376. The number of nitrogens with zero attached hydrogens (tertiary/aromatic N) is 2. The lowest BCUT2D eigenvalue weighted by Crippen LogP contribution is -1.97. The van der Waals surface area contributed by atoms with Crippen molar-refractivity contribution in [1.29, 1.82) is 5.41 Å². The van der Waals surface area contributed by atoms with Gasteiger partial charge in [-0.05, 0) is 18.9 Å². The van der Waals surface area contributed by atoms with E-state index < -0.39 is 0 Å². The van der Waals surface area contributed by atoms with Crippen LogP contribution < -0.4 is 5.73 Å². The number of carbonyl (C=O) groups is 1. The van der Waals surface area contributed by atoms with Crippen LogP contribution in [0.25, 0.3) is 11.3 Å². The maximum Gasteiger partial charge on any atom is 0.132 e. The van der Waals surface area contributed by atoms with Gasteiger partial charge in [0.25, 0.3) is 0 Å². The molecule has 2 aromatic heterocycles. The van der Waals surface area contributed by atoms with Crippen LogP contribution in [0.15, 0.2) is 18.5 Å². The van der Waals surface area contributed by atoms with Crippen molar-refractivity contribution in [3.8, 4) is 11.3 Å². The number of hydrogen-bond acceptors (Lipinski definition) is 5. The first-order valence-corrected chi connectivity index (χ1v) is 7.48. The van der Waals surface area contributed by atoms with Crippen LogP contribution in [0, 0.1) is 5.41 Å². The summed E-state index contributed by atoms with van der Waals surface area (Å²) in [4.78, 5) is 22.0. The summed E-state index contributed by atoms with van der Waals surface area (Å²) in [5.41, 5.74) is 8.04. The third-order valence-corrected chi connectivity index (χ3v) is 3.53. The van der Waals surface area contributed by atoms with Gasteiger partial charge < -0.3 is 20.9 Å². The molecule has 2 aromatic rings. The Morgan fingerprint density at radius 2 is 2.00 bits per heavy atom. The predicted octanol–water partition coefficient (Wildman–Crippen LogP) is 2.74. The van der Waals surface area contributed by atoms with Crippen LogP contribution in [-0.2, 0) is 11.2 Å². The first-order chi connectivity index (χ1) is 10.7. The highest BCUT2D eigenvalue weighted by molar-refractivity contribution is 5.85. The second-order valence-corrected chi connectivity index (χ2v) is 5.21. The van der Waals surface area contributed by atoms with Gasteiger partial charge in [-0.3, -0.25) is 0 Å². The first-order valence-electron chi connectivity index (χ1n) is 7.48. The Hall–Kier alpha value is -2.50. The lowest BCUT2D eigenvalue weighted by atomic mass is 10.1. The Kier molecular flexibility index (Phi) is 5.82. The fraction of sp³-hybridized carbons (Fsp3) is 0.375. The molecule has 0 aliphatic heterocycles. The van der Waals surface area contributed by atoms with Crippen LogP contribution in [0.3, 0.4) is 0 Å². The summed E-state index contributed by atoms with van der Waals surface area (Å²) in [5.74, 6) is 1.30. The molecule has 0 saturated heterocycles. The molecule has 0 atom stereocenters. The van der Waals surface area contributed by atoms with Crippen LogP contribution in [0.2, 0.25) is 0 Å². The minimum absolute atomic E-state index is 0.355. The number of rotatable bonds is 9. The molecule has 0 amide bonds. The Bertz CT molecular complexity index is 635. The van der Waals surface area contributed by atoms with E-state index in [1.807, 2.05) is 6.07 Å². The molecule has 4 N–H and O–H groups in total. The predicted molar refractivity (Wildman–Crippen MR) is 87.0 cm³/mol. The van der Waals surface area contributed by atoms with E-state index in [-0.39, 0.29) is 0 Å². The standard InChI is InChI=1S/C16H21N5O/c17-9-12-8-13(10-20-16(12)18)14-11-19-15(21-14)6-4-2-1-3-5-7-22/h7-11,17H,1-6H2,(H2,18,20)(H,19,21). The molecule has 0 aromatic carbocycles. The van der Waals surface area contributed by atoms with Gasteiger partial charge in [-0.15, -0.1) is 0 Å². The molecule has 0 aliphatic rings. The van der Waals surface area contributed by atoms with Crippen molar-refractivity contribution in [1.82, 2.24) is 15.0 Å². The number of nitrogens with one attached hydrogen (secondary N) is 2. The SMILES string of the molecule is N=Cc1cc(-c2cnc(CCCCCCC=O)[nH]2)cnc1N. The molecule has 6 heteroatoms. The van der Waals surface area contributed by atoms with Crippen molar-refractivity contribution >= 4 is 18.3 Å². The number of nitrogens with two attached hydrogens (primary N) is 1. The van der Waals surface area contributed by atoms with E-state index >= 15 is 0 Å². The van der Waals surface area contributed by atoms with Crippen molar-refractivity contribution < 1.29 is 4.79 Å². The number of imidazole rings is 1. The van der Waals surface area contributed by atoms with Gasteiger partial charge in [0.15, 0.2) is 0 Å². The summed E-state index contributed by atoms with van der Waals surface area (Å²) < 4.78 is 0. The minimum Gasteiger partial charge on any atom is -0.383 e. The summed E-state index contributed by atoms with van der Waals surface area (Å²) >= 11 is 0. The summed E-state index contributed by atoms with van der Waals surface area (Å²) in [6, 6.07) is 1.83. The van der Waals surface area contributed by atoms with Gasteiger partial charge in [0.1, 0.15) is 17.9 Å². The maximum absolute atomic E-state index is 10.2. The number of unbranched alkanes of at least 4 members (excludes halogenated alkanes) is 4. The first kappa shape index (κ1) is 15.9. The number of pyridine rings is 1. The largest absolute Gasteiger partial charge is 0.383 e. The molecule has 6 nitrogen and oxygen atoms in total. The number of anilines is 1. The number of carbonyl (C=O) groups excluding carboxylic acids is 1. The number of aromatic amines is 1. The molecule has 116 valence electrons. The summed E-state index contributed by atoms with van der Waals surface area (Å²) in [5, 5.41) is 7.32. The Balaban J connectivity index is 1.91. The van der Waals surface area contributed by atoms with Gasteiger partial charge in [-0.2, -0.15) is 0 Å². The van der Waals surface area contributed by atoms with Crippen LogP contribution in [0.1, 0.15) is 43.5 Å². The van der Waals surface area contributed by atoms with Crippen molar-refractivity contribution in [3.63, 3.8) is 0 Å². The number of H-pyrrole nitrogens is 1. The monoisotopic (exact) mass is 299 g/mol.